The van der Waals surface area contributed by atoms with Gasteiger partial charge in [-0.15, -0.1) is 0 Å². The lowest BCUT2D eigenvalue weighted by molar-refractivity contribution is 0.477. The van der Waals surface area contributed by atoms with Crippen LogP contribution in [-0.4, -0.2) is 5.11 Å². The summed E-state index contributed by atoms with van der Waals surface area (Å²) in [6, 6.07) is 17.8. The van der Waals surface area contributed by atoms with Crippen molar-refractivity contribution in [3.05, 3.63) is 54.6 Å². The van der Waals surface area contributed by atoms with Gasteiger partial charge in [0.1, 0.15) is 5.75 Å². The van der Waals surface area contributed by atoms with E-state index in [1.165, 1.54) is 0 Å². The number of benzene rings is 2. The third-order valence-electron chi connectivity index (χ3n) is 1.93. The summed E-state index contributed by atoms with van der Waals surface area (Å²) >= 11 is 0. The Morgan fingerprint density at radius 3 is 2.46 bits per heavy atom. The van der Waals surface area contributed by atoms with E-state index in [2.05, 4.69) is 6.07 Å². The van der Waals surface area contributed by atoms with Gasteiger partial charge in [0.05, 0.1) is 0 Å². The molecule has 0 aromatic heterocycles. The van der Waals surface area contributed by atoms with Crippen molar-refractivity contribution in [1.29, 1.82) is 0 Å². The smallest absolute Gasteiger partial charge is 0.124 e. The first-order valence-electron chi connectivity index (χ1n) is 4.12. The topological polar surface area (TPSA) is 20.2 Å². The molecule has 0 heterocycles. The van der Waals surface area contributed by atoms with Crippen molar-refractivity contribution in [2.45, 2.75) is 0 Å². The normalized spacial score (nSPS) is 9.85. The van der Waals surface area contributed by atoms with Gasteiger partial charge in [0.15, 0.2) is 0 Å². The average molecular weight is 169 g/mol. The molecule has 0 atom stereocenters. The van der Waals surface area contributed by atoms with Crippen LogP contribution < -0.4 is 0 Å². The number of aromatic hydroxyl groups is 1. The average Bonchev–Trinajstić information content (AvgIpc) is 2.20. The third kappa shape index (κ3) is 1.54. The minimum Gasteiger partial charge on any atom is -0.507 e. The maximum atomic E-state index is 9.53. The molecular weight excluding hydrogens is 160 g/mol. The molecule has 1 nitrogen and oxygen atoms in total. The Kier molecular flexibility index (Phi) is 2.01. The lowest BCUT2D eigenvalue weighted by Gasteiger charge is -2.02. The second-order valence-corrected chi connectivity index (χ2v) is 2.81. The Bertz CT molecular complexity index is 393. The first-order chi connectivity index (χ1) is 6.38. The summed E-state index contributed by atoms with van der Waals surface area (Å²) in [5.74, 6) is 0.272. The van der Waals surface area contributed by atoms with Gasteiger partial charge in [-0.3, -0.25) is 0 Å². The molecule has 0 unspecified atom stereocenters. The molecule has 1 N–H and O–H groups in total. The molecule has 0 amide bonds. The van der Waals surface area contributed by atoms with Gasteiger partial charge in [-0.1, -0.05) is 42.5 Å². The quantitative estimate of drug-likeness (QED) is 0.696. The summed E-state index contributed by atoms with van der Waals surface area (Å²) in [4.78, 5) is 0. The zero-order chi connectivity index (χ0) is 9.10. The second-order valence-electron chi connectivity index (χ2n) is 2.81. The largest absolute Gasteiger partial charge is 0.507 e. The summed E-state index contributed by atoms with van der Waals surface area (Å²) in [7, 11) is 0. The Morgan fingerprint density at radius 2 is 1.77 bits per heavy atom. The Hall–Kier alpha value is -1.76. The van der Waals surface area contributed by atoms with E-state index in [1.54, 1.807) is 12.1 Å². The Labute approximate surface area is 77.3 Å². The standard InChI is InChI=1S/C12H9O/c13-12-9-5-4-8-11(12)10-6-2-1-3-7-10/h1-4,6-9,13H. The highest BCUT2D eigenvalue weighted by Crippen LogP contribution is 2.27. The minimum absolute atomic E-state index is 0.272. The van der Waals surface area contributed by atoms with Crippen molar-refractivity contribution in [3.63, 3.8) is 0 Å². The van der Waals surface area contributed by atoms with E-state index in [4.69, 9.17) is 0 Å². The maximum absolute atomic E-state index is 9.53. The van der Waals surface area contributed by atoms with Crippen LogP contribution in [0.15, 0.2) is 48.5 Å². The van der Waals surface area contributed by atoms with Crippen molar-refractivity contribution >= 4 is 0 Å². The predicted molar refractivity (Wildman–Crippen MR) is 52.4 cm³/mol. The summed E-state index contributed by atoms with van der Waals surface area (Å²) in [5, 5.41) is 9.53. The molecule has 2 aromatic rings. The maximum Gasteiger partial charge on any atom is 0.124 e. The highest BCUT2D eigenvalue weighted by molar-refractivity contribution is 5.69. The van der Waals surface area contributed by atoms with E-state index in [-0.39, 0.29) is 5.75 Å². The molecule has 2 rings (SSSR count). The third-order valence-corrected chi connectivity index (χ3v) is 1.93. The van der Waals surface area contributed by atoms with Gasteiger partial charge >= 0.3 is 0 Å². The van der Waals surface area contributed by atoms with Gasteiger partial charge in [-0.05, 0) is 17.7 Å². The van der Waals surface area contributed by atoms with Crippen LogP contribution in [0.4, 0.5) is 0 Å². The molecule has 0 spiro atoms. The van der Waals surface area contributed by atoms with Crippen LogP contribution in [0, 0.1) is 6.07 Å². The number of hydrogen-bond donors (Lipinski definition) is 1. The Balaban J connectivity index is 2.54. The molecule has 0 saturated carbocycles. The van der Waals surface area contributed by atoms with Gasteiger partial charge < -0.3 is 5.11 Å². The van der Waals surface area contributed by atoms with E-state index < -0.39 is 0 Å². The number of phenolic OH excluding ortho intramolecular Hbond substituents is 1. The fourth-order valence-corrected chi connectivity index (χ4v) is 1.28. The van der Waals surface area contributed by atoms with Crippen LogP contribution in [0.25, 0.3) is 11.1 Å². The number of rotatable bonds is 1. The Morgan fingerprint density at radius 1 is 1.00 bits per heavy atom. The summed E-state index contributed by atoms with van der Waals surface area (Å²) in [6.07, 6.45) is 0. The van der Waals surface area contributed by atoms with Crippen molar-refractivity contribution in [2.75, 3.05) is 0 Å². The molecule has 0 saturated heterocycles. The van der Waals surface area contributed by atoms with Gasteiger partial charge in [0.25, 0.3) is 0 Å². The van der Waals surface area contributed by atoms with Crippen molar-refractivity contribution in [1.82, 2.24) is 0 Å². The van der Waals surface area contributed by atoms with Crippen molar-refractivity contribution in [2.24, 2.45) is 0 Å². The number of phenols is 1. The minimum atomic E-state index is 0.272. The fourth-order valence-electron chi connectivity index (χ4n) is 1.28. The lowest BCUT2D eigenvalue weighted by Crippen LogP contribution is -1.76. The van der Waals surface area contributed by atoms with Gasteiger partial charge in [0, 0.05) is 5.56 Å². The molecule has 0 bridgehead atoms. The molecule has 1 radical (unpaired) electrons. The highest BCUT2D eigenvalue weighted by Gasteiger charge is 2.00. The van der Waals surface area contributed by atoms with Crippen LogP contribution in [-0.2, 0) is 0 Å². The number of hydrogen-bond acceptors (Lipinski definition) is 1. The van der Waals surface area contributed by atoms with E-state index in [0.29, 0.717) is 0 Å². The van der Waals surface area contributed by atoms with Crippen LogP contribution >= 0.6 is 0 Å². The molecule has 0 fully saturated rings. The molecule has 2 aromatic carbocycles. The molecule has 0 aliphatic heterocycles. The zero-order valence-corrected chi connectivity index (χ0v) is 7.07. The van der Waals surface area contributed by atoms with Crippen LogP contribution in [0.1, 0.15) is 0 Å². The summed E-state index contributed by atoms with van der Waals surface area (Å²) < 4.78 is 0. The van der Waals surface area contributed by atoms with Gasteiger partial charge in [-0.25, -0.2) is 0 Å². The van der Waals surface area contributed by atoms with E-state index >= 15 is 0 Å². The second kappa shape index (κ2) is 3.31. The lowest BCUT2D eigenvalue weighted by atomic mass is 10.1. The van der Waals surface area contributed by atoms with Gasteiger partial charge in [0.2, 0.25) is 0 Å². The fraction of sp³-hybridized carbons (Fsp3) is 0. The SMILES string of the molecule is Oc1c[c]ccc1-c1ccccc1. The van der Waals surface area contributed by atoms with E-state index in [1.807, 2.05) is 36.4 Å². The molecule has 1 heteroatoms. The first-order valence-corrected chi connectivity index (χ1v) is 4.12. The van der Waals surface area contributed by atoms with Crippen LogP contribution in [0.3, 0.4) is 0 Å². The van der Waals surface area contributed by atoms with Crippen molar-refractivity contribution in [3.8, 4) is 16.9 Å². The summed E-state index contributed by atoms with van der Waals surface area (Å²) in [6.45, 7) is 0. The first kappa shape index (κ1) is 7.87. The molecular formula is C12H9O. The molecule has 63 valence electrons. The monoisotopic (exact) mass is 169 g/mol. The highest BCUT2D eigenvalue weighted by atomic mass is 16.3. The molecule has 0 aliphatic carbocycles. The van der Waals surface area contributed by atoms with Crippen LogP contribution in [0.2, 0.25) is 0 Å². The molecule has 13 heavy (non-hydrogen) atoms. The van der Waals surface area contributed by atoms with E-state index in [9.17, 15) is 5.11 Å². The molecule has 0 aliphatic rings. The summed E-state index contributed by atoms with van der Waals surface area (Å²) in [5.41, 5.74) is 1.87. The van der Waals surface area contributed by atoms with Crippen molar-refractivity contribution < 1.29 is 5.11 Å². The zero-order valence-electron chi connectivity index (χ0n) is 7.07. The predicted octanol–water partition coefficient (Wildman–Crippen LogP) is 2.86. The van der Waals surface area contributed by atoms with Gasteiger partial charge in [-0.2, -0.15) is 0 Å². The van der Waals surface area contributed by atoms with E-state index in [0.717, 1.165) is 11.1 Å². The van der Waals surface area contributed by atoms with Crippen LogP contribution in [0.5, 0.6) is 5.75 Å².